The molecule has 2 aliphatic rings. The summed E-state index contributed by atoms with van der Waals surface area (Å²) in [6.07, 6.45) is 19.3. The van der Waals surface area contributed by atoms with E-state index in [1.807, 2.05) is 18.2 Å². The Balaban J connectivity index is 1.37. The Hall–Kier alpha value is -1.03. The molecular weight excluding hydrogens is 476 g/mol. The third-order valence-electron chi connectivity index (χ3n) is 7.94. The molecule has 0 saturated heterocycles. The van der Waals surface area contributed by atoms with E-state index in [2.05, 4.69) is 29.8 Å². The van der Waals surface area contributed by atoms with Crippen LogP contribution in [0.25, 0.3) is 0 Å². The maximum absolute atomic E-state index is 12.7. The Morgan fingerprint density at radius 1 is 0.879 bits per heavy atom. The number of benzene rings is 1. The number of rotatable bonds is 12. The van der Waals surface area contributed by atoms with Gasteiger partial charge >= 0.3 is 5.97 Å². The Morgan fingerprint density at radius 3 is 2.15 bits per heavy atom. The summed E-state index contributed by atoms with van der Waals surface area (Å²) in [7, 11) is 0. The quantitative estimate of drug-likeness (QED) is 0.203. The average Bonchev–Trinajstić information content (AvgIpc) is 2.84. The first-order valence-corrected chi connectivity index (χ1v) is 14.5. The number of carbonyl (C=O) groups excluding carboxylic acids is 1. The molecular formula is C29H45BrO3. The molecule has 4 heteroatoms. The number of halogens is 1. The number of ether oxygens (including phenoxy) is 2. The molecule has 0 heterocycles. The second kappa shape index (κ2) is 14.4. The van der Waals surface area contributed by atoms with Gasteiger partial charge < -0.3 is 9.47 Å². The molecule has 1 aromatic carbocycles. The lowest BCUT2D eigenvalue weighted by atomic mass is 9.70. The first-order valence-electron chi connectivity index (χ1n) is 13.7. The molecule has 0 unspecified atom stereocenters. The summed E-state index contributed by atoms with van der Waals surface area (Å²) in [6, 6.07) is 5.54. The van der Waals surface area contributed by atoms with Crippen molar-refractivity contribution in [3.05, 3.63) is 28.2 Å². The van der Waals surface area contributed by atoms with Gasteiger partial charge in [0.2, 0.25) is 0 Å². The maximum atomic E-state index is 12.7. The van der Waals surface area contributed by atoms with Crippen LogP contribution in [0.1, 0.15) is 121 Å². The molecule has 0 N–H and O–H groups in total. The molecule has 3 rings (SSSR count). The van der Waals surface area contributed by atoms with E-state index in [0.717, 1.165) is 47.2 Å². The Bertz CT molecular complexity index is 703. The molecule has 186 valence electrons. The van der Waals surface area contributed by atoms with E-state index < -0.39 is 0 Å². The van der Waals surface area contributed by atoms with Gasteiger partial charge in [-0.15, -0.1) is 0 Å². The SMILES string of the molecule is CCCCCOc1ccc(C(=O)OC2CCC(C3CCC(CCCCC)CC3)CC2)cc1Br. The minimum Gasteiger partial charge on any atom is -0.492 e. The van der Waals surface area contributed by atoms with Crippen LogP contribution in [0.5, 0.6) is 5.75 Å². The fourth-order valence-electron chi connectivity index (χ4n) is 5.81. The van der Waals surface area contributed by atoms with Gasteiger partial charge in [-0.25, -0.2) is 4.79 Å². The van der Waals surface area contributed by atoms with Crippen molar-refractivity contribution in [2.45, 2.75) is 116 Å². The molecule has 0 spiro atoms. The van der Waals surface area contributed by atoms with Crippen LogP contribution < -0.4 is 4.74 Å². The third kappa shape index (κ3) is 8.60. The fourth-order valence-corrected chi connectivity index (χ4v) is 6.30. The summed E-state index contributed by atoms with van der Waals surface area (Å²) in [6.45, 7) is 5.19. The second-order valence-corrected chi connectivity index (χ2v) is 11.3. The second-order valence-electron chi connectivity index (χ2n) is 10.4. The lowest BCUT2D eigenvalue weighted by Crippen LogP contribution is -2.29. The maximum Gasteiger partial charge on any atom is 0.338 e. The minimum absolute atomic E-state index is 0.0721. The molecule has 2 saturated carbocycles. The molecule has 0 bridgehead atoms. The molecule has 2 fully saturated rings. The fraction of sp³-hybridized carbons (Fsp3) is 0.759. The van der Waals surface area contributed by atoms with Gasteiger partial charge in [-0.05, 0) is 96.8 Å². The number of unbranched alkanes of at least 4 members (excludes halogenated alkanes) is 4. The minimum atomic E-state index is -0.204. The summed E-state index contributed by atoms with van der Waals surface area (Å²) < 4.78 is 12.5. The van der Waals surface area contributed by atoms with Crippen molar-refractivity contribution >= 4 is 21.9 Å². The molecule has 0 atom stereocenters. The van der Waals surface area contributed by atoms with E-state index in [1.165, 1.54) is 77.0 Å². The molecule has 33 heavy (non-hydrogen) atoms. The molecule has 0 amide bonds. The van der Waals surface area contributed by atoms with Crippen molar-refractivity contribution in [1.29, 1.82) is 0 Å². The van der Waals surface area contributed by atoms with Crippen LogP contribution in [0, 0.1) is 17.8 Å². The van der Waals surface area contributed by atoms with Crippen molar-refractivity contribution in [3.63, 3.8) is 0 Å². The Labute approximate surface area is 210 Å². The predicted octanol–water partition coefficient (Wildman–Crippen LogP) is 9.12. The molecule has 1 aromatic rings. The largest absolute Gasteiger partial charge is 0.492 e. The monoisotopic (exact) mass is 520 g/mol. The van der Waals surface area contributed by atoms with Gasteiger partial charge in [0.15, 0.2) is 0 Å². The summed E-state index contributed by atoms with van der Waals surface area (Å²) in [4.78, 5) is 12.7. The standard InChI is InChI=1S/C29H45BrO3/c1-3-5-7-9-22-10-12-23(13-11-22)24-14-17-26(18-15-24)33-29(31)25-16-19-28(27(30)21-25)32-20-8-6-4-2/h16,19,21-24,26H,3-15,17-18,20H2,1-2H3. The smallest absolute Gasteiger partial charge is 0.338 e. The first kappa shape index (κ1) is 26.6. The molecule has 0 radical (unpaired) electrons. The van der Waals surface area contributed by atoms with Crippen molar-refractivity contribution in [2.75, 3.05) is 6.61 Å². The zero-order valence-electron chi connectivity index (χ0n) is 21.0. The van der Waals surface area contributed by atoms with Crippen LogP contribution in [0.2, 0.25) is 0 Å². The highest BCUT2D eigenvalue weighted by molar-refractivity contribution is 9.10. The van der Waals surface area contributed by atoms with Gasteiger partial charge in [-0.1, -0.05) is 65.2 Å². The predicted molar refractivity (Wildman–Crippen MR) is 140 cm³/mol. The van der Waals surface area contributed by atoms with Gasteiger partial charge in [0.25, 0.3) is 0 Å². The molecule has 0 aliphatic heterocycles. The van der Waals surface area contributed by atoms with Crippen molar-refractivity contribution in [1.82, 2.24) is 0 Å². The summed E-state index contributed by atoms with van der Waals surface area (Å²) in [5.74, 6) is 3.32. The van der Waals surface area contributed by atoms with Gasteiger partial charge in [0, 0.05) is 0 Å². The van der Waals surface area contributed by atoms with Crippen molar-refractivity contribution in [2.24, 2.45) is 17.8 Å². The molecule has 3 nitrogen and oxygen atoms in total. The highest BCUT2D eigenvalue weighted by Gasteiger charge is 2.32. The van der Waals surface area contributed by atoms with Crippen LogP contribution >= 0.6 is 15.9 Å². The number of esters is 1. The zero-order valence-corrected chi connectivity index (χ0v) is 22.5. The normalized spacial score (nSPS) is 25.5. The topological polar surface area (TPSA) is 35.5 Å². The van der Waals surface area contributed by atoms with E-state index >= 15 is 0 Å². The third-order valence-corrected chi connectivity index (χ3v) is 8.56. The number of hydrogen-bond acceptors (Lipinski definition) is 3. The summed E-state index contributed by atoms with van der Waals surface area (Å²) in [5, 5.41) is 0. The average molecular weight is 522 g/mol. The Kier molecular flexibility index (Phi) is 11.6. The number of carbonyl (C=O) groups is 1. The van der Waals surface area contributed by atoms with Gasteiger partial charge in [-0.3, -0.25) is 0 Å². The zero-order chi connectivity index (χ0) is 23.5. The van der Waals surface area contributed by atoms with Crippen LogP contribution in [0.15, 0.2) is 22.7 Å². The van der Waals surface area contributed by atoms with Crippen LogP contribution in [0.3, 0.4) is 0 Å². The van der Waals surface area contributed by atoms with Crippen LogP contribution in [-0.4, -0.2) is 18.7 Å². The van der Waals surface area contributed by atoms with Crippen LogP contribution in [0.4, 0.5) is 0 Å². The van der Waals surface area contributed by atoms with Crippen molar-refractivity contribution in [3.8, 4) is 5.75 Å². The van der Waals surface area contributed by atoms with E-state index in [9.17, 15) is 4.79 Å². The van der Waals surface area contributed by atoms with Gasteiger partial charge in [0.05, 0.1) is 16.6 Å². The van der Waals surface area contributed by atoms with Crippen molar-refractivity contribution < 1.29 is 14.3 Å². The highest BCUT2D eigenvalue weighted by atomic mass is 79.9. The molecule has 0 aromatic heterocycles. The first-order chi connectivity index (χ1) is 16.1. The van der Waals surface area contributed by atoms with Crippen LogP contribution in [-0.2, 0) is 4.74 Å². The molecule has 2 aliphatic carbocycles. The summed E-state index contributed by atoms with van der Waals surface area (Å²) >= 11 is 3.55. The van der Waals surface area contributed by atoms with E-state index in [4.69, 9.17) is 9.47 Å². The van der Waals surface area contributed by atoms with Gasteiger partial charge in [0.1, 0.15) is 11.9 Å². The van der Waals surface area contributed by atoms with Gasteiger partial charge in [-0.2, -0.15) is 0 Å². The van der Waals surface area contributed by atoms with E-state index in [1.54, 1.807) is 0 Å². The van der Waals surface area contributed by atoms with E-state index in [-0.39, 0.29) is 12.1 Å². The summed E-state index contributed by atoms with van der Waals surface area (Å²) in [5.41, 5.74) is 0.603. The Morgan fingerprint density at radius 2 is 1.52 bits per heavy atom. The van der Waals surface area contributed by atoms with E-state index in [0.29, 0.717) is 12.2 Å². The lowest BCUT2D eigenvalue weighted by Gasteiger charge is -2.37. The number of hydrogen-bond donors (Lipinski definition) is 0. The highest BCUT2D eigenvalue weighted by Crippen LogP contribution is 2.41. The lowest BCUT2D eigenvalue weighted by molar-refractivity contribution is 0.0109.